The van der Waals surface area contributed by atoms with Crippen LogP contribution in [-0.2, 0) is 0 Å². The molecule has 3 N–H and O–H groups in total. The van der Waals surface area contributed by atoms with Gasteiger partial charge in [-0.2, -0.15) is 0 Å². The number of rotatable bonds is 3. The number of aromatic nitrogens is 3. The summed E-state index contributed by atoms with van der Waals surface area (Å²) in [6, 6.07) is 7.85. The van der Waals surface area contributed by atoms with Gasteiger partial charge in [0.2, 0.25) is 0 Å². The number of urea groups is 1. The van der Waals surface area contributed by atoms with Gasteiger partial charge in [0.1, 0.15) is 24.9 Å². The average Bonchev–Trinajstić information content (AvgIpc) is 2.57. The molecule has 24 heavy (non-hydrogen) atoms. The molecular weight excluding hydrogens is 305 g/mol. The quantitative estimate of drug-likeness (QED) is 0.633. The van der Waals surface area contributed by atoms with Gasteiger partial charge in [0.05, 0.1) is 11.9 Å². The van der Waals surface area contributed by atoms with Crippen LogP contribution in [0, 0.1) is 0 Å². The van der Waals surface area contributed by atoms with Gasteiger partial charge in [-0.15, -0.1) is 0 Å². The van der Waals surface area contributed by atoms with Crippen LogP contribution < -0.4 is 16.1 Å². The highest BCUT2D eigenvalue weighted by Crippen LogP contribution is 2.20. The van der Waals surface area contributed by atoms with Gasteiger partial charge in [0.15, 0.2) is 5.65 Å². The predicted molar refractivity (Wildman–Crippen MR) is 92.5 cm³/mol. The summed E-state index contributed by atoms with van der Waals surface area (Å²) in [7, 11) is 5.71. The number of hydrogen-bond donors (Lipinski definition) is 3. The first kappa shape index (κ1) is 15.7. The Hall–Kier alpha value is -3.16. The first-order chi connectivity index (χ1) is 11.6. The standard InChI is InChI=1S/C16H14BN5O2/c1-2-18-16(24)22-14-6-4-11-15(21-14)20-12(8-19-11)9-3-5-13(23)10(17)7-9/h3-8,23H,2H2,1H3,(H2,18,20,21,22,24). The third kappa shape index (κ3) is 3.27. The fourth-order valence-electron chi connectivity index (χ4n) is 2.14. The summed E-state index contributed by atoms with van der Waals surface area (Å²) in [6.45, 7) is 2.35. The van der Waals surface area contributed by atoms with Gasteiger partial charge in [-0.25, -0.2) is 14.8 Å². The van der Waals surface area contributed by atoms with E-state index in [1.165, 1.54) is 6.07 Å². The number of benzene rings is 1. The highest BCUT2D eigenvalue weighted by molar-refractivity contribution is 6.34. The second-order valence-corrected chi connectivity index (χ2v) is 5.05. The molecule has 0 bridgehead atoms. The third-order valence-electron chi connectivity index (χ3n) is 3.31. The lowest BCUT2D eigenvalue weighted by atomic mass is 9.92. The zero-order valence-electron chi connectivity index (χ0n) is 12.9. The number of carbonyl (C=O) groups is 1. The topological polar surface area (TPSA) is 100 Å². The van der Waals surface area contributed by atoms with Crippen LogP contribution in [0.25, 0.3) is 22.4 Å². The van der Waals surface area contributed by atoms with Crippen LogP contribution in [0.4, 0.5) is 10.6 Å². The fraction of sp³-hybridized carbons (Fsp3) is 0.125. The molecule has 0 saturated heterocycles. The lowest BCUT2D eigenvalue weighted by Gasteiger charge is -2.07. The smallest absolute Gasteiger partial charge is 0.320 e. The number of nitrogens with zero attached hydrogens (tertiary/aromatic N) is 3. The molecule has 0 unspecified atom stereocenters. The third-order valence-corrected chi connectivity index (χ3v) is 3.31. The number of fused-ring (bicyclic) bond motifs is 1. The molecule has 2 radical (unpaired) electrons. The zero-order chi connectivity index (χ0) is 17.1. The van der Waals surface area contributed by atoms with E-state index in [0.717, 1.165) is 0 Å². The van der Waals surface area contributed by atoms with Crippen molar-refractivity contribution in [2.45, 2.75) is 6.92 Å². The van der Waals surface area contributed by atoms with Crippen molar-refractivity contribution < 1.29 is 9.90 Å². The Morgan fingerprint density at radius 2 is 2.08 bits per heavy atom. The molecule has 2 amide bonds. The molecule has 0 aliphatic carbocycles. The van der Waals surface area contributed by atoms with E-state index in [2.05, 4.69) is 25.6 Å². The minimum absolute atomic E-state index is 0.0130. The van der Waals surface area contributed by atoms with Crippen LogP contribution in [0.3, 0.4) is 0 Å². The molecule has 0 aliphatic rings. The highest BCUT2D eigenvalue weighted by Gasteiger charge is 2.08. The van der Waals surface area contributed by atoms with E-state index < -0.39 is 0 Å². The molecule has 0 atom stereocenters. The first-order valence-corrected chi connectivity index (χ1v) is 7.34. The Bertz CT molecular complexity index is 916. The van der Waals surface area contributed by atoms with Crippen molar-refractivity contribution in [3.8, 4) is 17.0 Å². The lowest BCUT2D eigenvalue weighted by molar-refractivity contribution is 0.252. The van der Waals surface area contributed by atoms with Gasteiger partial charge in [-0.3, -0.25) is 10.3 Å². The van der Waals surface area contributed by atoms with Gasteiger partial charge >= 0.3 is 6.03 Å². The van der Waals surface area contributed by atoms with Crippen LogP contribution in [0.5, 0.6) is 5.75 Å². The van der Waals surface area contributed by atoms with Crippen molar-refractivity contribution in [2.24, 2.45) is 0 Å². The summed E-state index contributed by atoms with van der Waals surface area (Å²) in [4.78, 5) is 24.6. The van der Waals surface area contributed by atoms with E-state index in [0.29, 0.717) is 34.8 Å². The second-order valence-electron chi connectivity index (χ2n) is 5.05. The van der Waals surface area contributed by atoms with Crippen molar-refractivity contribution in [3.63, 3.8) is 0 Å². The number of aromatic hydroxyl groups is 1. The van der Waals surface area contributed by atoms with Crippen molar-refractivity contribution in [2.75, 3.05) is 11.9 Å². The minimum atomic E-state index is -0.334. The number of hydrogen-bond acceptors (Lipinski definition) is 5. The largest absolute Gasteiger partial charge is 0.509 e. The Morgan fingerprint density at radius 1 is 1.25 bits per heavy atom. The second kappa shape index (κ2) is 6.53. The SMILES string of the molecule is [B]c1cc(-c2cnc3ccc(NC(=O)NCC)nc3n2)ccc1O. The molecule has 2 aromatic heterocycles. The molecular formula is C16H14BN5O2. The van der Waals surface area contributed by atoms with E-state index in [-0.39, 0.29) is 17.2 Å². The average molecular weight is 319 g/mol. The number of phenolic OH excluding ortho intramolecular Hbond substituents is 1. The number of amides is 2. The first-order valence-electron chi connectivity index (χ1n) is 7.34. The Morgan fingerprint density at radius 3 is 2.83 bits per heavy atom. The summed E-state index contributed by atoms with van der Waals surface area (Å²) < 4.78 is 0. The highest BCUT2D eigenvalue weighted by atomic mass is 16.3. The predicted octanol–water partition coefficient (Wildman–Crippen LogP) is 1.33. The van der Waals surface area contributed by atoms with E-state index in [1.807, 2.05) is 6.92 Å². The van der Waals surface area contributed by atoms with Crippen LogP contribution >= 0.6 is 0 Å². The normalized spacial score (nSPS) is 10.5. The minimum Gasteiger partial charge on any atom is -0.509 e. The Labute approximate surface area is 139 Å². The molecule has 7 nitrogen and oxygen atoms in total. The summed E-state index contributed by atoms with van der Waals surface area (Å²) in [6.07, 6.45) is 1.60. The monoisotopic (exact) mass is 319 g/mol. The number of carbonyl (C=O) groups excluding carboxylic acids is 1. The molecule has 1 aromatic carbocycles. The van der Waals surface area contributed by atoms with Crippen LogP contribution in [0.2, 0.25) is 0 Å². The Kier molecular flexibility index (Phi) is 4.28. The molecule has 118 valence electrons. The molecule has 8 heteroatoms. The van der Waals surface area contributed by atoms with E-state index in [9.17, 15) is 9.90 Å². The van der Waals surface area contributed by atoms with E-state index >= 15 is 0 Å². The van der Waals surface area contributed by atoms with Crippen molar-refractivity contribution in [3.05, 3.63) is 36.5 Å². The molecule has 3 rings (SSSR count). The molecule has 0 fully saturated rings. The lowest BCUT2D eigenvalue weighted by Crippen LogP contribution is -2.28. The van der Waals surface area contributed by atoms with Crippen molar-refractivity contribution >= 4 is 36.3 Å². The van der Waals surface area contributed by atoms with Crippen LogP contribution in [0.1, 0.15) is 6.92 Å². The molecule has 0 spiro atoms. The molecule has 3 aromatic rings. The van der Waals surface area contributed by atoms with Gasteiger partial charge in [0, 0.05) is 12.1 Å². The maximum Gasteiger partial charge on any atom is 0.320 e. The number of phenols is 1. The number of anilines is 1. The molecule has 0 saturated carbocycles. The van der Waals surface area contributed by atoms with Gasteiger partial charge in [-0.1, -0.05) is 11.5 Å². The van der Waals surface area contributed by atoms with Crippen molar-refractivity contribution in [1.29, 1.82) is 0 Å². The van der Waals surface area contributed by atoms with E-state index in [4.69, 9.17) is 7.85 Å². The van der Waals surface area contributed by atoms with Gasteiger partial charge in [0.25, 0.3) is 0 Å². The maximum atomic E-state index is 11.6. The van der Waals surface area contributed by atoms with Crippen LogP contribution in [-0.4, -0.2) is 40.5 Å². The van der Waals surface area contributed by atoms with Gasteiger partial charge < -0.3 is 10.4 Å². The molecule has 2 heterocycles. The summed E-state index contributed by atoms with van der Waals surface area (Å²) in [5, 5.41) is 14.8. The Balaban J connectivity index is 1.96. The number of pyridine rings is 1. The summed E-state index contributed by atoms with van der Waals surface area (Å²) in [5.74, 6) is 0.393. The number of nitrogens with one attached hydrogen (secondary N) is 2. The summed E-state index contributed by atoms with van der Waals surface area (Å²) in [5.41, 5.74) is 2.54. The van der Waals surface area contributed by atoms with Gasteiger partial charge in [-0.05, 0) is 31.2 Å². The van der Waals surface area contributed by atoms with Crippen LogP contribution in [0.15, 0.2) is 36.5 Å². The maximum absolute atomic E-state index is 11.6. The molecule has 0 aliphatic heterocycles. The van der Waals surface area contributed by atoms with E-state index in [1.54, 1.807) is 30.5 Å². The fourth-order valence-corrected chi connectivity index (χ4v) is 2.14. The summed E-state index contributed by atoms with van der Waals surface area (Å²) >= 11 is 0. The zero-order valence-corrected chi connectivity index (χ0v) is 12.9. The van der Waals surface area contributed by atoms with Crippen molar-refractivity contribution in [1.82, 2.24) is 20.3 Å².